The first-order valence-corrected chi connectivity index (χ1v) is 3.87. The van der Waals surface area contributed by atoms with Crippen molar-refractivity contribution in [3.05, 3.63) is 0 Å². The molecule has 2 heteroatoms. The normalized spacial score (nSPS) is 14.1. The standard InChI is InChI=1S/C8H19NO/c1-5-8(9(2)3)6-7-10-4/h8H,5-7H2,1-4H3. The van der Waals surface area contributed by atoms with Gasteiger partial charge in [-0.15, -0.1) is 0 Å². The fourth-order valence-corrected chi connectivity index (χ4v) is 1.08. The average Bonchev–Trinajstić information content (AvgIpc) is 1.89. The van der Waals surface area contributed by atoms with E-state index in [0.717, 1.165) is 13.0 Å². The van der Waals surface area contributed by atoms with Crippen molar-refractivity contribution in [2.75, 3.05) is 27.8 Å². The van der Waals surface area contributed by atoms with Crippen molar-refractivity contribution in [1.82, 2.24) is 4.90 Å². The Morgan fingerprint density at radius 1 is 1.40 bits per heavy atom. The number of hydrogen-bond acceptors (Lipinski definition) is 2. The van der Waals surface area contributed by atoms with Crippen molar-refractivity contribution in [3.8, 4) is 0 Å². The Hall–Kier alpha value is -0.0800. The molecule has 0 saturated heterocycles. The molecule has 0 aliphatic carbocycles. The molecule has 62 valence electrons. The van der Waals surface area contributed by atoms with Crippen LogP contribution < -0.4 is 0 Å². The van der Waals surface area contributed by atoms with Gasteiger partial charge in [-0.05, 0) is 26.9 Å². The first kappa shape index (κ1) is 9.92. The van der Waals surface area contributed by atoms with E-state index in [9.17, 15) is 0 Å². The van der Waals surface area contributed by atoms with Gasteiger partial charge in [-0.2, -0.15) is 0 Å². The smallest absolute Gasteiger partial charge is 0.0477 e. The molecule has 0 rings (SSSR count). The van der Waals surface area contributed by atoms with Crippen LogP contribution in [0, 0.1) is 0 Å². The summed E-state index contributed by atoms with van der Waals surface area (Å²) >= 11 is 0. The van der Waals surface area contributed by atoms with Crippen LogP contribution in [0.25, 0.3) is 0 Å². The predicted molar refractivity (Wildman–Crippen MR) is 44.3 cm³/mol. The third-order valence-corrected chi connectivity index (χ3v) is 1.86. The molecule has 0 radical (unpaired) electrons. The summed E-state index contributed by atoms with van der Waals surface area (Å²) in [4.78, 5) is 2.25. The van der Waals surface area contributed by atoms with Gasteiger partial charge in [0.25, 0.3) is 0 Å². The molecule has 0 saturated carbocycles. The summed E-state index contributed by atoms with van der Waals surface area (Å²) in [6.07, 6.45) is 2.34. The maximum atomic E-state index is 5.00. The lowest BCUT2D eigenvalue weighted by Gasteiger charge is -2.21. The number of rotatable bonds is 5. The van der Waals surface area contributed by atoms with Gasteiger partial charge in [-0.25, -0.2) is 0 Å². The van der Waals surface area contributed by atoms with Gasteiger partial charge < -0.3 is 9.64 Å². The number of ether oxygens (including phenoxy) is 1. The van der Waals surface area contributed by atoms with E-state index in [1.165, 1.54) is 6.42 Å². The van der Waals surface area contributed by atoms with Gasteiger partial charge in [-0.3, -0.25) is 0 Å². The monoisotopic (exact) mass is 145 g/mol. The van der Waals surface area contributed by atoms with E-state index >= 15 is 0 Å². The zero-order valence-electron chi connectivity index (χ0n) is 7.55. The summed E-state index contributed by atoms with van der Waals surface area (Å²) in [6.45, 7) is 3.08. The number of nitrogens with zero attached hydrogens (tertiary/aromatic N) is 1. The van der Waals surface area contributed by atoms with E-state index in [0.29, 0.717) is 6.04 Å². The SMILES string of the molecule is CCC(CCOC)N(C)C. The number of hydrogen-bond donors (Lipinski definition) is 0. The van der Waals surface area contributed by atoms with Crippen LogP contribution in [0.2, 0.25) is 0 Å². The highest BCUT2D eigenvalue weighted by Gasteiger charge is 2.06. The van der Waals surface area contributed by atoms with E-state index in [4.69, 9.17) is 4.74 Å². The third kappa shape index (κ3) is 3.85. The molecule has 0 aromatic carbocycles. The zero-order valence-corrected chi connectivity index (χ0v) is 7.55. The average molecular weight is 145 g/mol. The second-order valence-corrected chi connectivity index (χ2v) is 2.81. The van der Waals surface area contributed by atoms with Crippen molar-refractivity contribution in [2.45, 2.75) is 25.8 Å². The lowest BCUT2D eigenvalue weighted by molar-refractivity contribution is 0.156. The highest BCUT2D eigenvalue weighted by molar-refractivity contribution is 4.62. The first-order valence-electron chi connectivity index (χ1n) is 3.87. The molecule has 0 aliphatic rings. The molecule has 0 fully saturated rings. The molecule has 0 heterocycles. The maximum Gasteiger partial charge on any atom is 0.0477 e. The van der Waals surface area contributed by atoms with Crippen LogP contribution in [0.1, 0.15) is 19.8 Å². The quantitative estimate of drug-likeness (QED) is 0.579. The second-order valence-electron chi connectivity index (χ2n) is 2.81. The third-order valence-electron chi connectivity index (χ3n) is 1.86. The summed E-state index contributed by atoms with van der Waals surface area (Å²) < 4.78 is 5.00. The van der Waals surface area contributed by atoms with E-state index < -0.39 is 0 Å². The summed E-state index contributed by atoms with van der Waals surface area (Å²) in [5.41, 5.74) is 0. The van der Waals surface area contributed by atoms with Crippen LogP contribution in [-0.2, 0) is 4.74 Å². The Morgan fingerprint density at radius 2 is 2.00 bits per heavy atom. The van der Waals surface area contributed by atoms with Crippen LogP contribution in [-0.4, -0.2) is 38.8 Å². The van der Waals surface area contributed by atoms with Gasteiger partial charge in [0.15, 0.2) is 0 Å². The predicted octanol–water partition coefficient (Wildman–Crippen LogP) is 1.36. The Balaban J connectivity index is 3.40. The summed E-state index contributed by atoms with van der Waals surface area (Å²) in [7, 11) is 5.98. The summed E-state index contributed by atoms with van der Waals surface area (Å²) in [5.74, 6) is 0. The van der Waals surface area contributed by atoms with Crippen molar-refractivity contribution in [2.24, 2.45) is 0 Å². The second kappa shape index (κ2) is 5.69. The molecule has 0 amide bonds. The van der Waals surface area contributed by atoms with E-state index in [-0.39, 0.29) is 0 Å². The number of methoxy groups -OCH3 is 1. The Labute approximate surface area is 64.2 Å². The highest BCUT2D eigenvalue weighted by atomic mass is 16.5. The van der Waals surface area contributed by atoms with Crippen LogP contribution >= 0.6 is 0 Å². The van der Waals surface area contributed by atoms with E-state index in [2.05, 4.69) is 25.9 Å². The van der Waals surface area contributed by atoms with Crippen LogP contribution in [0.5, 0.6) is 0 Å². The molecule has 2 nitrogen and oxygen atoms in total. The molecule has 0 N–H and O–H groups in total. The molecule has 10 heavy (non-hydrogen) atoms. The fraction of sp³-hybridized carbons (Fsp3) is 1.00. The lowest BCUT2D eigenvalue weighted by atomic mass is 10.1. The molecule has 0 bridgehead atoms. The first-order chi connectivity index (χ1) is 4.72. The van der Waals surface area contributed by atoms with Crippen molar-refractivity contribution < 1.29 is 4.74 Å². The molecule has 0 aliphatic heterocycles. The van der Waals surface area contributed by atoms with Crippen LogP contribution in [0.3, 0.4) is 0 Å². The van der Waals surface area contributed by atoms with E-state index in [1.54, 1.807) is 7.11 Å². The Morgan fingerprint density at radius 3 is 2.30 bits per heavy atom. The largest absolute Gasteiger partial charge is 0.385 e. The minimum absolute atomic E-state index is 0.681. The minimum atomic E-state index is 0.681. The molecule has 1 atom stereocenters. The lowest BCUT2D eigenvalue weighted by Crippen LogP contribution is -2.28. The van der Waals surface area contributed by atoms with Gasteiger partial charge in [0.1, 0.15) is 0 Å². The van der Waals surface area contributed by atoms with Gasteiger partial charge in [-0.1, -0.05) is 6.92 Å². The van der Waals surface area contributed by atoms with Crippen molar-refractivity contribution >= 4 is 0 Å². The van der Waals surface area contributed by atoms with Crippen molar-refractivity contribution in [1.29, 1.82) is 0 Å². The molecular formula is C8H19NO. The zero-order chi connectivity index (χ0) is 7.98. The molecule has 0 aromatic heterocycles. The minimum Gasteiger partial charge on any atom is -0.385 e. The van der Waals surface area contributed by atoms with E-state index in [1.807, 2.05) is 0 Å². The maximum absolute atomic E-state index is 5.00. The molecular weight excluding hydrogens is 126 g/mol. The molecule has 1 unspecified atom stereocenters. The summed E-state index contributed by atoms with van der Waals surface area (Å²) in [5, 5.41) is 0. The Kier molecular flexibility index (Phi) is 5.64. The Bertz CT molecular complexity index is 73.7. The fourth-order valence-electron chi connectivity index (χ4n) is 1.08. The highest BCUT2D eigenvalue weighted by Crippen LogP contribution is 2.03. The van der Waals surface area contributed by atoms with Gasteiger partial charge >= 0.3 is 0 Å². The van der Waals surface area contributed by atoms with Crippen molar-refractivity contribution in [3.63, 3.8) is 0 Å². The van der Waals surface area contributed by atoms with Gasteiger partial charge in [0.2, 0.25) is 0 Å². The van der Waals surface area contributed by atoms with Gasteiger partial charge in [0.05, 0.1) is 0 Å². The topological polar surface area (TPSA) is 12.5 Å². The summed E-state index contributed by atoms with van der Waals surface area (Å²) in [6, 6.07) is 0.681. The molecule has 0 spiro atoms. The molecule has 0 aromatic rings. The van der Waals surface area contributed by atoms with Gasteiger partial charge in [0, 0.05) is 19.8 Å². The van der Waals surface area contributed by atoms with Crippen LogP contribution in [0.4, 0.5) is 0 Å². The van der Waals surface area contributed by atoms with Crippen LogP contribution in [0.15, 0.2) is 0 Å².